The van der Waals surface area contributed by atoms with Crippen molar-refractivity contribution in [3.05, 3.63) is 24.3 Å². The lowest BCUT2D eigenvalue weighted by Crippen LogP contribution is -2.47. The van der Waals surface area contributed by atoms with E-state index in [9.17, 15) is 24.0 Å². The van der Waals surface area contributed by atoms with Gasteiger partial charge in [0.1, 0.15) is 11.8 Å². The van der Waals surface area contributed by atoms with Crippen molar-refractivity contribution in [3.63, 3.8) is 0 Å². The molecule has 156 valence electrons. The average Bonchev–Trinajstić information content (AvgIpc) is 2.93. The highest BCUT2D eigenvalue weighted by Crippen LogP contribution is 2.17. The maximum atomic E-state index is 12.2. The number of hydrogen-bond donors (Lipinski definition) is 2. The molecule has 1 aromatic carbocycles. The first-order chi connectivity index (χ1) is 13.6. The topological polar surface area (TPSA) is 125 Å². The van der Waals surface area contributed by atoms with Crippen molar-refractivity contribution in [1.82, 2.24) is 15.1 Å². The molecule has 2 N–H and O–H groups in total. The molecule has 1 aliphatic rings. The van der Waals surface area contributed by atoms with E-state index in [1.165, 1.54) is 29.2 Å². The van der Waals surface area contributed by atoms with Gasteiger partial charge < -0.3 is 20.3 Å². The van der Waals surface area contributed by atoms with Crippen molar-refractivity contribution in [2.45, 2.75) is 32.4 Å². The number of hydrogen-bond acceptors (Lipinski definition) is 6. The molecule has 10 nitrogen and oxygen atoms in total. The largest absolute Gasteiger partial charge is 0.484 e. The summed E-state index contributed by atoms with van der Waals surface area (Å²) in [6.45, 7) is 3.26. The zero-order chi connectivity index (χ0) is 21.7. The Balaban J connectivity index is 1.88. The van der Waals surface area contributed by atoms with Crippen LogP contribution in [0.1, 0.15) is 20.3 Å². The Bertz CT molecular complexity index is 818. The van der Waals surface area contributed by atoms with Gasteiger partial charge in [-0.1, -0.05) is 0 Å². The van der Waals surface area contributed by atoms with E-state index >= 15 is 0 Å². The van der Waals surface area contributed by atoms with Crippen molar-refractivity contribution in [1.29, 1.82) is 0 Å². The first kappa shape index (κ1) is 21.9. The molecule has 1 aliphatic heterocycles. The maximum absolute atomic E-state index is 12.2. The molecule has 0 spiro atoms. The Morgan fingerprint density at radius 1 is 1.14 bits per heavy atom. The molecule has 1 unspecified atom stereocenters. The molecule has 0 saturated carbocycles. The summed E-state index contributed by atoms with van der Waals surface area (Å²) in [6.07, 6.45) is -0.173. The van der Waals surface area contributed by atoms with Crippen molar-refractivity contribution in [2.75, 3.05) is 26.0 Å². The summed E-state index contributed by atoms with van der Waals surface area (Å²) >= 11 is 0. The van der Waals surface area contributed by atoms with Crippen molar-refractivity contribution >= 4 is 35.2 Å². The minimum absolute atomic E-state index is 0.122. The minimum Gasteiger partial charge on any atom is -0.484 e. The van der Waals surface area contributed by atoms with Gasteiger partial charge in [-0.25, -0.2) is 0 Å². The third-order valence-electron chi connectivity index (χ3n) is 4.18. The molecule has 0 radical (unpaired) electrons. The van der Waals surface area contributed by atoms with Crippen LogP contribution in [-0.4, -0.2) is 72.1 Å². The zero-order valence-electron chi connectivity index (χ0n) is 16.7. The summed E-state index contributed by atoms with van der Waals surface area (Å²) in [4.78, 5) is 62.1. The Hall–Kier alpha value is -3.43. The van der Waals surface area contributed by atoms with Crippen molar-refractivity contribution in [2.24, 2.45) is 0 Å². The van der Waals surface area contributed by atoms with Crippen LogP contribution in [0.5, 0.6) is 5.75 Å². The number of carbonyl (C=O) groups excluding carboxylic acids is 5. The second-order valence-electron chi connectivity index (χ2n) is 6.98. The fourth-order valence-electron chi connectivity index (χ4n) is 2.63. The Kier molecular flexibility index (Phi) is 6.92. The number of amides is 5. The van der Waals surface area contributed by atoms with E-state index in [0.29, 0.717) is 11.4 Å². The van der Waals surface area contributed by atoms with Gasteiger partial charge in [0.05, 0.1) is 6.42 Å². The molecule has 0 aliphatic carbocycles. The first-order valence-corrected chi connectivity index (χ1v) is 9.01. The number of ether oxygens (including phenoxy) is 1. The minimum atomic E-state index is -1.05. The summed E-state index contributed by atoms with van der Waals surface area (Å²) in [5.74, 6) is -2.68. The van der Waals surface area contributed by atoms with Gasteiger partial charge in [-0.15, -0.1) is 0 Å². The molecule has 29 heavy (non-hydrogen) atoms. The van der Waals surface area contributed by atoms with E-state index in [1.807, 2.05) is 0 Å². The smallest absolute Gasteiger partial charge is 0.313 e. The number of likely N-dealkylation sites (tertiary alicyclic amines) is 1. The van der Waals surface area contributed by atoms with Gasteiger partial charge in [0.2, 0.25) is 5.91 Å². The molecule has 0 aromatic heterocycles. The monoisotopic (exact) mass is 404 g/mol. The molecular weight excluding hydrogens is 380 g/mol. The molecule has 5 amide bonds. The van der Waals surface area contributed by atoms with Gasteiger partial charge in [0.25, 0.3) is 11.8 Å². The molecule has 1 atom stereocenters. The van der Waals surface area contributed by atoms with Crippen LogP contribution in [0.25, 0.3) is 0 Å². The van der Waals surface area contributed by atoms with Crippen LogP contribution >= 0.6 is 0 Å². The van der Waals surface area contributed by atoms with Crippen LogP contribution in [0.3, 0.4) is 0 Å². The highest BCUT2D eigenvalue weighted by atomic mass is 16.5. The fraction of sp³-hybridized carbons (Fsp3) is 0.421. The molecule has 1 heterocycles. The lowest BCUT2D eigenvalue weighted by molar-refractivity contribution is -0.142. The first-order valence-electron chi connectivity index (χ1n) is 9.01. The number of nitrogens with zero attached hydrogens (tertiary/aromatic N) is 2. The summed E-state index contributed by atoms with van der Waals surface area (Å²) in [5.41, 5.74) is 0.328. The van der Waals surface area contributed by atoms with Gasteiger partial charge in [-0.05, 0) is 38.1 Å². The second-order valence-corrected chi connectivity index (χ2v) is 6.98. The molecule has 2 rings (SSSR count). The third-order valence-corrected chi connectivity index (χ3v) is 4.18. The number of benzene rings is 1. The van der Waals surface area contributed by atoms with Crippen LogP contribution in [0.15, 0.2) is 24.3 Å². The average molecular weight is 404 g/mol. The number of imide groups is 1. The van der Waals surface area contributed by atoms with Crippen LogP contribution in [0, 0.1) is 0 Å². The van der Waals surface area contributed by atoms with Gasteiger partial charge in [-0.2, -0.15) is 0 Å². The van der Waals surface area contributed by atoms with E-state index in [4.69, 9.17) is 4.74 Å². The zero-order valence-corrected chi connectivity index (χ0v) is 16.7. The van der Waals surface area contributed by atoms with Gasteiger partial charge in [0.15, 0.2) is 6.61 Å². The SMILES string of the molecule is CC(C)N1C(=O)CC(NC(=O)C(=O)Nc2ccc(OCC(=O)N(C)C)cc2)C1=O. The van der Waals surface area contributed by atoms with E-state index in [-0.39, 0.29) is 30.9 Å². The second kappa shape index (κ2) is 9.18. The normalized spacial score (nSPS) is 16.0. The predicted molar refractivity (Wildman–Crippen MR) is 103 cm³/mol. The molecular formula is C19H24N4O6. The van der Waals surface area contributed by atoms with Gasteiger partial charge in [0, 0.05) is 25.8 Å². The Morgan fingerprint density at radius 2 is 1.76 bits per heavy atom. The van der Waals surface area contributed by atoms with E-state index < -0.39 is 23.8 Å². The van der Waals surface area contributed by atoms with E-state index in [2.05, 4.69) is 10.6 Å². The molecule has 1 saturated heterocycles. The lowest BCUT2D eigenvalue weighted by atomic mass is 10.2. The number of anilines is 1. The summed E-state index contributed by atoms with van der Waals surface area (Å²) < 4.78 is 5.32. The van der Waals surface area contributed by atoms with E-state index in [0.717, 1.165) is 4.90 Å². The standard InChI is InChI=1S/C19H24N4O6/c1-11(2)23-15(24)9-14(19(23)28)21-18(27)17(26)20-12-5-7-13(8-6-12)29-10-16(25)22(3)4/h5-8,11,14H,9-10H2,1-4H3,(H,20,26)(H,21,27). The molecule has 1 aromatic rings. The Morgan fingerprint density at radius 3 is 2.28 bits per heavy atom. The third kappa shape index (κ3) is 5.53. The lowest BCUT2D eigenvalue weighted by Gasteiger charge is -2.19. The summed E-state index contributed by atoms with van der Waals surface area (Å²) in [5, 5.41) is 4.68. The number of likely N-dealkylation sites (N-methyl/N-ethyl adjacent to an activating group) is 1. The van der Waals surface area contributed by atoms with E-state index in [1.54, 1.807) is 27.9 Å². The molecule has 0 bridgehead atoms. The molecule has 1 fully saturated rings. The highest BCUT2D eigenvalue weighted by molar-refractivity contribution is 6.40. The highest BCUT2D eigenvalue weighted by Gasteiger charge is 2.41. The Labute approximate surface area is 168 Å². The quantitative estimate of drug-likeness (QED) is 0.497. The van der Waals surface area contributed by atoms with Crippen LogP contribution in [0.4, 0.5) is 5.69 Å². The number of nitrogens with one attached hydrogen (secondary N) is 2. The maximum Gasteiger partial charge on any atom is 0.313 e. The number of rotatable bonds is 6. The van der Waals surface area contributed by atoms with Crippen LogP contribution in [-0.2, 0) is 24.0 Å². The summed E-state index contributed by atoms with van der Waals surface area (Å²) in [7, 11) is 3.23. The fourth-order valence-corrected chi connectivity index (χ4v) is 2.63. The van der Waals surface area contributed by atoms with Crippen molar-refractivity contribution < 1.29 is 28.7 Å². The van der Waals surface area contributed by atoms with Gasteiger partial charge in [-0.3, -0.25) is 28.9 Å². The van der Waals surface area contributed by atoms with Crippen LogP contribution in [0.2, 0.25) is 0 Å². The number of carbonyl (C=O) groups is 5. The van der Waals surface area contributed by atoms with Crippen LogP contribution < -0.4 is 15.4 Å². The summed E-state index contributed by atoms with van der Waals surface area (Å²) in [6, 6.07) is 4.72. The predicted octanol–water partition coefficient (Wildman–Crippen LogP) is -0.256. The van der Waals surface area contributed by atoms with Gasteiger partial charge >= 0.3 is 11.8 Å². The van der Waals surface area contributed by atoms with Crippen molar-refractivity contribution in [3.8, 4) is 5.75 Å². The molecule has 10 heteroatoms.